The van der Waals surface area contributed by atoms with E-state index in [4.69, 9.17) is 5.73 Å². The van der Waals surface area contributed by atoms with Gasteiger partial charge in [0.1, 0.15) is 6.04 Å². The largest absolute Gasteiger partial charge is 0.350 e. The molecule has 170 valence electrons. The topological polar surface area (TPSA) is 75.4 Å². The monoisotopic (exact) mass is 505 g/mol. The minimum Gasteiger partial charge on any atom is -0.350 e. The summed E-state index contributed by atoms with van der Waals surface area (Å²) in [6.07, 6.45) is 1.43. The highest BCUT2D eigenvalue weighted by Crippen LogP contribution is 2.30. The van der Waals surface area contributed by atoms with Gasteiger partial charge in [0.15, 0.2) is 0 Å². The lowest BCUT2D eigenvalue weighted by atomic mass is 9.84. The predicted octanol–water partition coefficient (Wildman–Crippen LogP) is 4.22. The number of nitrogens with zero attached hydrogens (tertiary/aromatic N) is 1. The highest BCUT2D eigenvalue weighted by Gasteiger charge is 2.39. The molecule has 4 rings (SSSR count). The number of nitrogens with two attached hydrogens (primary N) is 1. The Bertz CT molecular complexity index is 1050. The summed E-state index contributed by atoms with van der Waals surface area (Å²) in [5, 5.41) is 2.99. The van der Waals surface area contributed by atoms with Gasteiger partial charge < -0.3 is 16.0 Å². The summed E-state index contributed by atoms with van der Waals surface area (Å²) in [6.45, 7) is 0.956. The molecule has 3 N–H and O–H groups in total. The number of carbonyl (C=O) groups excluding carboxylic acids is 2. The molecule has 0 aliphatic carbocycles. The van der Waals surface area contributed by atoms with Crippen molar-refractivity contribution in [2.24, 2.45) is 5.73 Å². The molecule has 3 aromatic carbocycles. The van der Waals surface area contributed by atoms with Crippen LogP contribution < -0.4 is 11.1 Å². The Hall–Kier alpha value is -2.96. The van der Waals surface area contributed by atoms with Crippen molar-refractivity contribution in [3.8, 4) is 0 Å². The van der Waals surface area contributed by atoms with Crippen molar-refractivity contribution in [3.05, 3.63) is 106 Å². The summed E-state index contributed by atoms with van der Waals surface area (Å²) in [5.41, 5.74) is 9.59. The molecule has 1 saturated heterocycles. The maximum absolute atomic E-state index is 13.6. The molecule has 0 spiro atoms. The number of nitrogens with one attached hydrogen (secondary N) is 1. The van der Waals surface area contributed by atoms with Crippen LogP contribution in [0.3, 0.4) is 0 Å². The molecule has 0 saturated carbocycles. The molecule has 1 fully saturated rings. The van der Waals surface area contributed by atoms with Crippen molar-refractivity contribution in [2.75, 3.05) is 6.54 Å². The Kier molecular flexibility index (Phi) is 7.57. The summed E-state index contributed by atoms with van der Waals surface area (Å²) in [4.78, 5) is 28.2. The van der Waals surface area contributed by atoms with Gasteiger partial charge in [-0.25, -0.2) is 0 Å². The third-order valence-corrected chi connectivity index (χ3v) is 6.65. The lowest BCUT2D eigenvalue weighted by Gasteiger charge is -2.31. The summed E-state index contributed by atoms with van der Waals surface area (Å²) in [5.74, 6) is -0.609. The Labute approximate surface area is 203 Å². The van der Waals surface area contributed by atoms with Crippen LogP contribution in [0.25, 0.3) is 0 Å². The van der Waals surface area contributed by atoms with E-state index in [-0.39, 0.29) is 17.7 Å². The number of benzene rings is 3. The Morgan fingerprint density at radius 3 is 2.21 bits per heavy atom. The van der Waals surface area contributed by atoms with Gasteiger partial charge in [0, 0.05) is 23.5 Å². The van der Waals surface area contributed by atoms with Gasteiger partial charge in [0.25, 0.3) is 0 Å². The maximum atomic E-state index is 13.6. The lowest BCUT2D eigenvalue weighted by Crippen LogP contribution is -2.52. The second-order valence-corrected chi connectivity index (χ2v) is 9.28. The van der Waals surface area contributed by atoms with Gasteiger partial charge in [-0.2, -0.15) is 0 Å². The van der Waals surface area contributed by atoms with Gasteiger partial charge in [0.05, 0.1) is 6.04 Å². The number of hydrogen-bond donors (Lipinski definition) is 2. The minimum absolute atomic E-state index is 0.135. The molecule has 33 heavy (non-hydrogen) atoms. The number of halogens is 1. The first-order valence-electron chi connectivity index (χ1n) is 11.2. The summed E-state index contributed by atoms with van der Waals surface area (Å²) < 4.78 is 0.964. The van der Waals surface area contributed by atoms with Crippen LogP contribution >= 0.6 is 15.9 Å². The van der Waals surface area contributed by atoms with Gasteiger partial charge >= 0.3 is 0 Å². The quantitative estimate of drug-likeness (QED) is 0.504. The molecule has 0 radical (unpaired) electrons. The second kappa shape index (κ2) is 10.8. The van der Waals surface area contributed by atoms with E-state index < -0.39 is 12.1 Å². The van der Waals surface area contributed by atoms with E-state index in [1.165, 1.54) is 0 Å². The minimum atomic E-state index is -0.784. The van der Waals surface area contributed by atoms with Crippen LogP contribution in [-0.2, 0) is 16.1 Å². The average molecular weight is 506 g/mol. The van der Waals surface area contributed by atoms with Gasteiger partial charge in [-0.15, -0.1) is 0 Å². The van der Waals surface area contributed by atoms with Crippen molar-refractivity contribution in [2.45, 2.75) is 37.4 Å². The first-order valence-corrected chi connectivity index (χ1v) is 12.0. The number of amides is 2. The summed E-state index contributed by atoms with van der Waals surface area (Å²) in [6, 6.07) is 26.2. The van der Waals surface area contributed by atoms with E-state index in [1.54, 1.807) is 4.90 Å². The molecule has 0 unspecified atom stereocenters. The molecule has 1 heterocycles. The molecule has 0 bridgehead atoms. The van der Waals surface area contributed by atoms with E-state index in [2.05, 4.69) is 21.2 Å². The van der Waals surface area contributed by atoms with E-state index in [1.807, 2.05) is 84.9 Å². The third kappa shape index (κ3) is 5.52. The van der Waals surface area contributed by atoms with Crippen molar-refractivity contribution in [3.63, 3.8) is 0 Å². The predicted molar refractivity (Wildman–Crippen MR) is 133 cm³/mol. The van der Waals surface area contributed by atoms with Crippen LogP contribution in [0, 0.1) is 0 Å². The van der Waals surface area contributed by atoms with Crippen molar-refractivity contribution in [1.29, 1.82) is 0 Å². The van der Waals surface area contributed by atoms with Crippen LogP contribution in [0.5, 0.6) is 0 Å². The average Bonchev–Trinajstić information content (AvgIpc) is 3.34. The van der Waals surface area contributed by atoms with Gasteiger partial charge in [-0.1, -0.05) is 88.7 Å². The Morgan fingerprint density at radius 2 is 1.61 bits per heavy atom. The first kappa shape index (κ1) is 23.2. The fraction of sp³-hybridized carbons (Fsp3) is 0.259. The summed E-state index contributed by atoms with van der Waals surface area (Å²) in [7, 11) is 0. The summed E-state index contributed by atoms with van der Waals surface area (Å²) >= 11 is 3.45. The Morgan fingerprint density at radius 1 is 0.970 bits per heavy atom. The standard InChI is InChI=1S/C27H28BrN3O2/c28-22-14-7-9-19(17-22)18-30-26(32)23-15-8-16-31(23)27(33)25(29)24(20-10-3-1-4-11-20)21-12-5-2-6-13-21/h1-7,9-14,17,23-25H,8,15-16,18,29H2,(H,30,32)/t23-,25+/m0/s1. The van der Waals surface area contributed by atoms with E-state index in [9.17, 15) is 9.59 Å². The van der Waals surface area contributed by atoms with Crippen molar-refractivity contribution < 1.29 is 9.59 Å². The zero-order valence-corrected chi connectivity index (χ0v) is 19.9. The Balaban J connectivity index is 1.50. The van der Waals surface area contributed by atoms with E-state index >= 15 is 0 Å². The number of carbonyl (C=O) groups is 2. The fourth-order valence-electron chi connectivity index (χ4n) is 4.52. The van der Waals surface area contributed by atoms with Crippen LogP contribution in [0.1, 0.15) is 35.4 Å². The molecule has 1 aliphatic heterocycles. The van der Waals surface area contributed by atoms with Crippen molar-refractivity contribution in [1.82, 2.24) is 10.2 Å². The molecule has 2 atom stereocenters. The first-order chi connectivity index (χ1) is 16.0. The SMILES string of the molecule is N[C@@H](C(=O)N1CCC[C@H]1C(=O)NCc1cccc(Br)c1)C(c1ccccc1)c1ccccc1. The normalized spacial score (nSPS) is 16.6. The molecule has 5 nitrogen and oxygen atoms in total. The van der Waals surface area contributed by atoms with E-state index in [0.717, 1.165) is 27.6 Å². The highest BCUT2D eigenvalue weighted by atomic mass is 79.9. The number of likely N-dealkylation sites (tertiary alicyclic amines) is 1. The molecule has 3 aromatic rings. The fourth-order valence-corrected chi connectivity index (χ4v) is 4.97. The van der Waals surface area contributed by atoms with Crippen LogP contribution in [0.15, 0.2) is 89.4 Å². The highest BCUT2D eigenvalue weighted by molar-refractivity contribution is 9.10. The third-order valence-electron chi connectivity index (χ3n) is 6.16. The molecular formula is C27H28BrN3O2. The lowest BCUT2D eigenvalue weighted by molar-refractivity contribution is -0.139. The molecule has 1 aliphatic rings. The molecule has 6 heteroatoms. The van der Waals surface area contributed by atoms with Gasteiger partial charge in [-0.05, 0) is 41.7 Å². The van der Waals surface area contributed by atoms with Gasteiger partial charge in [0.2, 0.25) is 11.8 Å². The second-order valence-electron chi connectivity index (χ2n) is 8.36. The molecular weight excluding hydrogens is 478 g/mol. The molecule has 2 amide bonds. The van der Waals surface area contributed by atoms with E-state index in [0.29, 0.717) is 19.5 Å². The van der Waals surface area contributed by atoms with Crippen molar-refractivity contribution >= 4 is 27.7 Å². The zero-order valence-electron chi connectivity index (χ0n) is 18.4. The van der Waals surface area contributed by atoms with Crippen LogP contribution in [-0.4, -0.2) is 35.3 Å². The van der Waals surface area contributed by atoms with Crippen LogP contribution in [0.2, 0.25) is 0 Å². The smallest absolute Gasteiger partial charge is 0.243 e. The number of rotatable bonds is 7. The molecule has 0 aromatic heterocycles. The maximum Gasteiger partial charge on any atom is 0.243 e. The van der Waals surface area contributed by atoms with Crippen LogP contribution in [0.4, 0.5) is 0 Å². The number of hydrogen-bond acceptors (Lipinski definition) is 3. The van der Waals surface area contributed by atoms with Gasteiger partial charge in [-0.3, -0.25) is 9.59 Å². The zero-order chi connectivity index (χ0) is 23.2.